The third kappa shape index (κ3) is 4.21. The van der Waals surface area contributed by atoms with Crippen molar-refractivity contribution in [3.8, 4) is 0 Å². The van der Waals surface area contributed by atoms with Gasteiger partial charge in [0.25, 0.3) is 0 Å². The molecule has 0 spiro atoms. The number of carbonyl (C=O) groups is 1. The number of benzene rings is 1. The first kappa shape index (κ1) is 17.0. The standard InChI is InChI=1S/C12H12F2IN2O2P/c1-2-19-10(18)4-3-8-9(13)5-7(6-16)12(11(8)14)17-20-15/h3-6,16-17,20H,2H2,1H3/b4-3+,16-6?. The highest BCUT2D eigenvalue weighted by Crippen LogP contribution is 2.32. The van der Waals surface area contributed by atoms with Crippen LogP contribution in [-0.4, -0.2) is 18.8 Å². The van der Waals surface area contributed by atoms with Crippen molar-refractivity contribution in [3.63, 3.8) is 0 Å². The van der Waals surface area contributed by atoms with Gasteiger partial charge in [0.1, 0.15) is 5.82 Å². The summed E-state index contributed by atoms with van der Waals surface area (Å²) in [6, 6.07) is 1.04. The number of halogens is 3. The Morgan fingerprint density at radius 1 is 1.60 bits per heavy atom. The molecule has 1 unspecified atom stereocenters. The Hall–Kier alpha value is -1.08. The minimum Gasteiger partial charge on any atom is -0.463 e. The Morgan fingerprint density at radius 2 is 2.30 bits per heavy atom. The average Bonchev–Trinajstić information content (AvgIpc) is 2.41. The lowest BCUT2D eigenvalue weighted by Gasteiger charge is -2.11. The van der Waals surface area contributed by atoms with Gasteiger partial charge in [0.05, 0.1) is 12.3 Å². The molecule has 1 rings (SSSR count). The third-order valence-electron chi connectivity index (χ3n) is 2.28. The molecule has 8 heteroatoms. The topological polar surface area (TPSA) is 62.2 Å². The van der Waals surface area contributed by atoms with E-state index in [1.54, 1.807) is 6.92 Å². The minimum absolute atomic E-state index is 0.0395. The fraction of sp³-hybridized carbons (Fsp3) is 0.167. The van der Waals surface area contributed by atoms with Crippen LogP contribution in [0.1, 0.15) is 18.1 Å². The molecule has 4 nitrogen and oxygen atoms in total. The lowest BCUT2D eigenvalue weighted by Crippen LogP contribution is -2.02. The van der Waals surface area contributed by atoms with E-state index in [4.69, 9.17) is 5.41 Å². The van der Waals surface area contributed by atoms with Gasteiger partial charge in [-0.3, -0.25) is 0 Å². The van der Waals surface area contributed by atoms with Crippen molar-refractivity contribution in [2.24, 2.45) is 0 Å². The zero-order valence-electron chi connectivity index (χ0n) is 10.5. The summed E-state index contributed by atoms with van der Waals surface area (Å²) in [4.78, 5) is 11.2. The van der Waals surface area contributed by atoms with Gasteiger partial charge in [-0.1, -0.05) is 0 Å². The van der Waals surface area contributed by atoms with Crippen LogP contribution >= 0.6 is 28.4 Å². The van der Waals surface area contributed by atoms with Crippen LogP contribution in [0.4, 0.5) is 14.5 Å². The molecular formula is C12H12F2IN2O2P. The van der Waals surface area contributed by atoms with Gasteiger partial charge < -0.3 is 15.2 Å². The first-order valence-electron chi connectivity index (χ1n) is 5.54. The Kier molecular flexibility index (Phi) is 7.01. The Labute approximate surface area is 129 Å². The van der Waals surface area contributed by atoms with Crippen LogP contribution in [-0.2, 0) is 9.53 Å². The molecule has 0 radical (unpaired) electrons. The summed E-state index contributed by atoms with van der Waals surface area (Å²) in [5.74, 6) is -2.36. The van der Waals surface area contributed by atoms with Crippen molar-refractivity contribution in [2.45, 2.75) is 6.92 Å². The highest BCUT2D eigenvalue weighted by atomic mass is 127. The van der Waals surface area contributed by atoms with Crippen LogP contribution in [0.3, 0.4) is 0 Å². The van der Waals surface area contributed by atoms with Crippen molar-refractivity contribution in [1.82, 2.24) is 0 Å². The molecule has 1 aromatic rings. The Balaban J connectivity index is 3.23. The van der Waals surface area contributed by atoms with Crippen molar-refractivity contribution < 1.29 is 18.3 Å². The molecule has 0 aliphatic heterocycles. The normalized spacial score (nSPS) is 11.2. The number of hydrogen-bond donors (Lipinski definition) is 2. The number of hydrogen-bond acceptors (Lipinski definition) is 4. The minimum atomic E-state index is -0.844. The quantitative estimate of drug-likeness (QED) is 0.245. The maximum atomic E-state index is 14.2. The Bertz CT molecular complexity index is 553. The fourth-order valence-corrected chi connectivity index (χ4v) is 2.59. The van der Waals surface area contributed by atoms with Gasteiger partial charge in [-0.05, 0) is 41.1 Å². The van der Waals surface area contributed by atoms with Gasteiger partial charge in [0.2, 0.25) is 0 Å². The maximum absolute atomic E-state index is 14.2. The van der Waals surface area contributed by atoms with E-state index in [1.807, 2.05) is 22.0 Å². The van der Waals surface area contributed by atoms with Gasteiger partial charge in [-0.15, -0.1) is 0 Å². The summed E-state index contributed by atoms with van der Waals surface area (Å²) in [7, 11) is 0. The molecule has 0 saturated heterocycles. The predicted molar refractivity (Wildman–Crippen MR) is 85.9 cm³/mol. The summed E-state index contributed by atoms with van der Waals surface area (Å²) < 4.78 is 32.6. The van der Waals surface area contributed by atoms with Gasteiger partial charge >= 0.3 is 5.97 Å². The van der Waals surface area contributed by atoms with Crippen LogP contribution < -0.4 is 5.09 Å². The van der Waals surface area contributed by atoms with E-state index in [9.17, 15) is 13.6 Å². The SMILES string of the molecule is CCOC(=O)/C=C/c1c(F)cc(C=N)c(NPI)c1F. The van der Waals surface area contributed by atoms with E-state index in [-0.39, 0.29) is 29.8 Å². The molecule has 0 fully saturated rings. The van der Waals surface area contributed by atoms with E-state index >= 15 is 0 Å². The average molecular weight is 412 g/mol. The molecule has 0 saturated carbocycles. The molecule has 1 aromatic carbocycles. The summed E-state index contributed by atoms with van der Waals surface area (Å²) >= 11 is 1.99. The second kappa shape index (κ2) is 8.26. The predicted octanol–water partition coefficient (Wildman–Crippen LogP) is 3.89. The monoisotopic (exact) mass is 412 g/mol. The number of anilines is 1. The van der Waals surface area contributed by atoms with Crippen molar-refractivity contribution >= 4 is 52.4 Å². The van der Waals surface area contributed by atoms with Crippen LogP contribution in [0.2, 0.25) is 0 Å². The zero-order chi connectivity index (χ0) is 15.1. The summed E-state index contributed by atoms with van der Waals surface area (Å²) in [6.07, 6.45) is 3.01. The molecule has 1 atom stereocenters. The van der Waals surface area contributed by atoms with E-state index < -0.39 is 17.6 Å². The summed E-state index contributed by atoms with van der Waals surface area (Å²) in [5, 5.41) is 9.91. The molecule has 2 N–H and O–H groups in total. The maximum Gasteiger partial charge on any atom is 0.330 e. The zero-order valence-corrected chi connectivity index (χ0v) is 13.6. The second-order valence-electron chi connectivity index (χ2n) is 3.50. The molecule has 0 bridgehead atoms. The van der Waals surface area contributed by atoms with Crippen LogP contribution in [0.5, 0.6) is 0 Å². The van der Waals surface area contributed by atoms with Gasteiger partial charge in [-0.25, -0.2) is 13.6 Å². The van der Waals surface area contributed by atoms with Crippen LogP contribution in [0.15, 0.2) is 12.1 Å². The smallest absolute Gasteiger partial charge is 0.330 e. The number of rotatable bonds is 6. The molecule has 0 heterocycles. The molecule has 0 aliphatic rings. The van der Waals surface area contributed by atoms with E-state index in [1.165, 1.54) is 0 Å². The first-order chi connectivity index (χ1) is 9.54. The molecule has 20 heavy (non-hydrogen) atoms. The number of nitrogens with one attached hydrogen (secondary N) is 2. The second-order valence-corrected chi connectivity index (χ2v) is 5.56. The van der Waals surface area contributed by atoms with Gasteiger partial charge in [0, 0.05) is 29.8 Å². The van der Waals surface area contributed by atoms with Gasteiger partial charge in [-0.2, -0.15) is 0 Å². The third-order valence-corrected chi connectivity index (χ3v) is 3.44. The van der Waals surface area contributed by atoms with Gasteiger partial charge in [0.15, 0.2) is 5.82 Å². The highest BCUT2D eigenvalue weighted by Gasteiger charge is 2.16. The van der Waals surface area contributed by atoms with Crippen molar-refractivity contribution in [3.05, 3.63) is 34.9 Å². The largest absolute Gasteiger partial charge is 0.463 e. The molecule has 108 valence electrons. The molecule has 0 aliphatic carbocycles. The fourth-order valence-electron chi connectivity index (χ4n) is 1.44. The number of esters is 1. The van der Waals surface area contributed by atoms with Crippen LogP contribution in [0.25, 0.3) is 6.08 Å². The summed E-state index contributed by atoms with van der Waals surface area (Å²) in [5.41, 5.74) is -0.198. The van der Waals surface area contributed by atoms with Crippen molar-refractivity contribution in [2.75, 3.05) is 11.7 Å². The van der Waals surface area contributed by atoms with Crippen molar-refractivity contribution in [1.29, 1.82) is 5.41 Å². The van der Waals surface area contributed by atoms with E-state index in [0.29, 0.717) is 0 Å². The molecule has 0 amide bonds. The number of carbonyl (C=O) groups excluding carboxylic acids is 1. The highest BCUT2D eigenvalue weighted by molar-refractivity contribution is 14.2. The van der Waals surface area contributed by atoms with E-state index in [0.717, 1.165) is 24.4 Å². The summed E-state index contributed by atoms with van der Waals surface area (Å²) in [6.45, 7) is 1.82. The first-order valence-corrected chi connectivity index (χ1v) is 9.65. The van der Waals surface area contributed by atoms with E-state index in [2.05, 4.69) is 9.82 Å². The Morgan fingerprint density at radius 3 is 2.85 bits per heavy atom. The molecule has 0 aromatic heterocycles. The number of ether oxygens (including phenoxy) is 1. The lowest BCUT2D eigenvalue weighted by molar-refractivity contribution is -0.137. The van der Waals surface area contributed by atoms with Crippen LogP contribution in [0, 0.1) is 17.0 Å². The lowest BCUT2D eigenvalue weighted by atomic mass is 10.1. The molecular weight excluding hydrogens is 400 g/mol.